The first-order valence-corrected chi connectivity index (χ1v) is 5.51. The van der Waals surface area contributed by atoms with Gasteiger partial charge in [-0.3, -0.25) is 4.79 Å². The number of ether oxygens (including phenoxy) is 1. The quantitative estimate of drug-likeness (QED) is 0.852. The summed E-state index contributed by atoms with van der Waals surface area (Å²) in [4.78, 5) is 11.3. The summed E-state index contributed by atoms with van der Waals surface area (Å²) in [5.74, 6) is -0.685. The van der Waals surface area contributed by atoms with E-state index in [1.807, 2.05) is 6.92 Å². The lowest BCUT2D eigenvalue weighted by Crippen LogP contribution is -2.36. The molecule has 1 rings (SSSR count). The number of nitrogens with two attached hydrogens (primary N) is 1. The van der Waals surface area contributed by atoms with Gasteiger partial charge in [-0.15, -0.1) is 0 Å². The third-order valence-corrected chi connectivity index (χ3v) is 3.03. The average Bonchev–Trinajstić information content (AvgIpc) is 2.26. The first-order chi connectivity index (χ1) is 7.47. The standard InChI is InChI=1S/C11H13Cl2NO2/c1-6(10(14)11(15)16-2)8-4-3-7(12)5-9(8)13/h3-6,10H,14H2,1-2H3. The minimum atomic E-state index is -0.733. The molecule has 0 heterocycles. The molecule has 0 amide bonds. The Hall–Kier alpha value is -0.770. The molecule has 1 aromatic rings. The van der Waals surface area contributed by atoms with Crippen molar-refractivity contribution in [2.75, 3.05) is 7.11 Å². The lowest BCUT2D eigenvalue weighted by atomic mass is 9.94. The summed E-state index contributed by atoms with van der Waals surface area (Å²) in [5, 5.41) is 1.05. The van der Waals surface area contributed by atoms with E-state index in [0.717, 1.165) is 5.56 Å². The molecule has 0 saturated carbocycles. The van der Waals surface area contributed by atoms with Gasteiger partial charge in [-0.05, 0) is 17.7 Å². The Bertz CT molecular complexity index is 396. The highest BCUT2D eigenvalue weighted by Crippen LogP contribution is 2.29. The van der Waals surface area contributed by atoms with Crippen molar-refractivity contribution in [2.45, 2.75) is 18.9 Å². The van der Waals surface area contributed by atoms with Crippen LogP contribution in [0.25, 0.3) is 0 Å². The second kappa shape index (κ2) is 5.53. The fraction of sp³-hybridized carbons (Fsp3) is 0.364. The maximum Gasteiger partial charge on any atom is 0.323 e. The van der Waals surface area contributed by atoms with Crippen molar-refractivity contribution < 1.29 is 9.53 Å². The van der Waals surface area contributed by atoms with Gasteiger partial charge in [0.05, 0.1) is 7.11 Å². The summed E-state index contributed by atoms with van der Waals surface area (Å²) in [7, 11) is 1.30. The highest BCUT2D eigenvalue weighted by atomic mass is 35.5. The van der Waals surface area contributed by atoms with E-state index in [9.17, 15) is 4.79 Å². The van der Waals surface area contributed by atoms with E-state index in [0.29, 0.717) is 10.0 Å². The fourth-order valence-electron chi connectivity index (χ4n) is 1.40. The molecule has 0 spiro atoms. The Morgan fingerprint density at radius 3 is 2.56 bits per heavy atom. The van der Waals surface area contributed by atoms with Gasteiger partial charge in [-0.25, -0.2) is 0 Å². The molecular weight excluding hydrogens is 249 g/mol. The smallest absolute Gasteiger partial charge is 0.323 e. The Labute approximate surface area is 104 Å². The van der Waals surface area contributed by atoms with Crippen molar-refractivity contribution in [2.24, 2.45) is 5.73 Å². The summed E-state index contributed by atoms with van der Waals surface area (Å²) in [6.45, 7) is 1.82. The number of hydrogen-bond donors (Lipinski definition) is 1. The number of rotatable bonds is 3. The van der Waals surface area contributed by atoms with E-state index >= 15 is 0 Å². The maximum atomic E-state index is 11.3. The van der Waals surface area contributed by atoms with E-state index in [4.69, 9.17) is 28.9 Å². The van der Waals surface area contributed by atoms with Crippen molar-refractivity contribution in [3.8, 4) is 0 Å². The fourth-order valence-corrected chi connectivity index (χ4v) is 1.99. The molecule has 2 N–H and O–H groups in total. The van der Waals surface area contributed by atoms with E-state index in [1.54, 1.807) is 18.2 Å². The highest BCUT2D eigenvalue weighted by molar-refractivity contribution is 6.35. The molecule has 88 valence electrons. The number of hydrogen-bond acceptors (Lipinski definition) is 3. The largest absolute Gasteiger partial charge is 0.468 e. The zero-order chi connectivity index (χ0) is 12.3. The SMILES string of the molecule is COC(=O)C(N)C(C)c1ccc(Cl)cc1Cl. The molecule has 2 atom stereocenters. The van der Waals surface area contributed by atoms with Crippen molar-refractivity contribution in [3.05, 3.63) is 33.8 Å². The lowest BCUT2D eigenvalue weighted by Gasteiger charge is -2.19. The molecule has 0 saturated heterocycles. The molecule has 2 unspecified atom stereocenters. The molecule has 3 nitrogen and oxygen atoms in total. The minimum Gasteiger partial charge on any atom is -0.468 e. The van der Waals surface area contributed by atoms with Crippen LogP contribution in [0.4, 0.5) is 0 Å². The number of halogens is 2. The van der Waals surface area contributed by atoms with Crippen LogP contribution in [0, 0.1) is 0 Å². The van der Waals surface area contributed by atoms with Crippen molar-refractivity contribution in [1.29, 1.82) is 0 Å². The van der Waals surface area contributed by atoms with Crippen LogP contribution in [0.1, 0.15) is 18.4 Å². The number of carbonyl (C=O) groups is 1. The zero-order valence-corrected chi connectivity index (χ0v) is 10.5. The van der Waals surface area contributed by atoms with Gasteiger partial charge >= 0.3 is 5.97 Å². The van der Waals surface area contributed by atoms with Gasteiger partial charge in [0.1, 0.15) is 6.04 Å². The van der Waals surface area contributed by atoms with Crippen molar-refractivity contribution in [3.63, 3.8) is 0 Å². The van der Waals surface area contributed by atoms with Crippen LogP contribution in [-0.4, -0.2) is 19.1 Å². The number of methoxy groups -OCH3 is 1. The van der Waals surface area contributed by atoms with E-state index < -0.39 is 12.0 Å². The van der Waals surface area contributed by atoms with Gasteiger partial charge < -0.3 is 10.5 Å². The maximum absolute atomic E-state index is 11.3. The van der Waals surface area contributed by atoms with E-state index in [-0.39, 0.29) is 5.92 Å². The predicted octanol–water partition coefficient (Wildman–Crippen LogP) is 2.60. The first-order valence-electron chi connectivity index (χ1n) is 4.75. The Morgan fingerprint density at radius 2 is 2.06 bits per heavy atom. The third kappa shape index (κ3) is 2.88. The molecular formula is C11H13Cl2NO2. The molecule has 0 aliphatic carbocycles. The number of benzene rings is 1. The molecule has 0 radical (unpaired) electrons. The van der Waals surface area contributed by atoms with Crippen LogP contribution in [-0.2, 0) is 9.53 Å². The van der Waals surface area contributed by atoms with Gasteiger partial charge in [0.25, 0.3) is 0 Å². The van der Waals surface area contributed by atoms with Crippen LogP contribution >= 0.6 is 23.2 Å². The van der Waals surface area contributed by atoms with Crippen molar-refractivity contribution >= 4 is 29.2 Å². The predicted molar refractivity (Wildman–Crippen MR) is 64.9 cm³/mol. The molecule has 0 fully saturated rings. The average molecular weight is 262 g/mol. The van der Waals surface area contributed by atoms with Gasteiger partial charge in [-0.2, -0.15) is 0 Å². The van der Waals surface area contributed by atoms with Crippen LogP contribution in [0.15, 0.2) is 18.2 Å². The van der Waals surface area contributed by atoms with E-state index in [1.165, 1.54) is 7.11 Å². The highest BCUT2D eigenvalue weighted by Gasteiger charge is 2.24. The van der Waals surface area contributed by atoms with Crippen LogP contribution in [0.5, 0.6) is 0 Å². The van der Waals surface area contributed by atoms with Crippen LogP contribution in [0.3, 0.4) is 0 Å². The Balaban J connectivity index is 2.96. The number of esters is 1. The molecule has 0 aliphatic heterocycles. The molecule has 1 aromatic carbocycles. The van der Waals surface area contributed by atoms with Crippen LogP contribution in [0.2, 0.25) is 10.0 Å². The summed E-state index contributed by atoms with van der Waals surface area (Å²) in [6, 6.07) is 4.36. The van der Waals surface area contributed by atoms with Crippen LogP contribution < -0.4 is 5.73 Å². The first kappa shape index (κ1) is 13.3. The van der Waals surface area contributed by atoms with E-state index in [2.05, 4.69) is 4.74 Å². The lowest BCUT2D eigenvalue weighted by molar-refractivity contribution is -0.142. The van der Waals surface area contributed by atoms with Crippen molar-refractivity contribution in [1.82, 2.24) is 0 Å². The molecule has 5 heteroatoms. The summed E-state index contributed by atoms with van der Waals surface area (Å²) in [5.41, 5.74) is 6.53. The summed E-state index contributed by atoms with van der Waals surface area (Å²) < 4.78 is 4.59. The monoisotopic (exact) mass is 261 g/mol. The normalized spacial score (nSPS) is 14.3. The molecule has 16 heavy (non-hydrogen) atoms. The second-order valence-electron chi connectivity index (χ2n) is 3.50. The third-order valence-electron chi connectivity index (χ3n) is 2.47. The Kier molecular flexibility index (Phi) is 4.59. The molecule has 0 bridgehead atoms. The summed E-state index contributed by atoms with van der Waals surface area (Å²) >= 11 is 11.8. The Morgan fingerprint density at radius 1 is 1.44 bits per heavy atom. The summed E-state index contributed by atoms with van der Waals surface area (Å²) in [6.07, 6.45) is 0. The van der Waals surface area contributed by atoms with Gasteiger partial charge in [-0.1, -0.05) is 36.2 Å². The number of carbonyl (C=O) groups excluding carboxylic acids is 1. The minimum absolute atomic E-state index is 0.225. The molecule has 0 aromatic heterocycles. The van der Waals surface area contributed by atoms with Gasteiger partial charge in [0.15, 0.2) is 0 Å². The zero-order valence-electron chi connectivity index (χ0n) is 9.04. The topological polar surface area (TPSA) is 52.3 Å². The second-order valence-corrected chi connectivity index (χ2v) is 4.35. The van der Waals surface area contributed by atoms with Gasteiger partial charge in [0, 0.05) is 16.0 Å². The van der Waals surface area contributed by atoms with Gasteiger partial charge in [0.2, 0.25) is 0 Å². The molecule has 0 aliphatic rings.